The lowest BCUT2D eigenvalue weighted by Gasteiger charge is -2.50. The van der Waals surface area contributed by atoms with Crippen molar-refractivity contribution in [2.24, 2.45) is 5.41 Å². The van der Waals surface area contributed by atoms with Gasteiger partial charge in [-0.1, -0.05) is 48.5 Å². The van der Waals surface area contributed by atoms with E-state index in [1.165, 1.54) is 36.4 Å². The minimum absolute atomic E-state index is 0.0283. The van der Waals surface area contributed by atoms with Crippen LogP contribution in [0.4, 0.5) is 26.3 Å². The van der Waals surface area contributed by atoms with Crippen molar-refractivity contribution in [1.82, 2.24) is 10.2 Å². The number of hydrogen-bond donors (Lipinski definition) is 1. The van der Waals surface area contributed by atoms with Gasteiger partial charge >= 0.3 is 12.4 Å². The molecular weight excluding hydrogens is 502 g/mol. The van der Waals surface area contributed by atoms with Crippen LogP contribution in [0.3, 0.4) is 0 Å². The Morgan fingerprint density at radius 1 is 0.973 bits per heavy atom. The van der Waals surface area contributed by atoms with Gasteiger partial charge in [0.25, 0.3) is 11.5 Å². The molecule has 2 saturated heterocycles. The number of alkyl halides is 6. The summed E-state index contributed by atoms with van der Waals surface area (Å²) in [5, 5.41) is 2.63. The van der Waals surface area contributed by atoms with E-state index in [2.05, 4.69) is 5.32 Å². The SMILES string of the molecule is CO[C@@](C(=O)N1CCC2(CC1)CC(=O)NCC2c1ccccc1C(F)(F)F)(c1ccccc1)C(F)(F)F. The van der Waals surface area contributed by atoms with Gasteiger partial charge in [-0.05, 0) is 29.9 Å². The van der Waals surface area contributed by atoms with Crippen molar-refractivity contribution in [2.75, 3.05) is 26.7 Å². The average Bonchev–Trinajstić information content (AvgIpc) is 2.84. The van der Waals surface area contributed by atoms with Crippen LogP contribution >= 0.6 is 0 Å². The number of halogens is 6. The lowest BCUT2D eigenvalue weighted by atomic mass is 9.62. The Hall–Kier alpha value is -3.08. The first-order valence-electron chi connectivity index (χ1n) is 11.8. The molecule has 1 N–H and O–H groups in total. The summed E-state index contributed by atoms with van der Waals surface area (Å²) >= 11 is 0. The normalized spacial score (nSPS) is 21.9. The highest BCUT2D eigenvalue weighted by molar-refractivity contribution is 5.88. The third-order valence-electron chi connectivity index (χ3n) is 7.63. The summed E-state index contributed by atoms with van der Waals surface area (Å²) in [6.45, 7) is -0.357. The number of hydrogen-bond acceptors (Lipinski definition) is 3. The van der Waals surface area contributed by atoms with Crippen molar-refractivity contribution in [3.63, 3.8) is 0 Å². The predicted molar refractivity (Wildman–Crippen MR) is 121 cm³/mol. The third kappa shape index (κ3) is 4.69. The van der Waals surface area contributed by atoms with E-state index in [1.807, 2.05) is 0 Å². The molecule has 2 aliphatic rings. The van der Waals surface area contributed by atoms with Crippen LogP contribution < -0.4 is 5.32 Å². The molecule has 11 heteroatoms. The Bertz CT molecular complexity index is 1140. The van der Waals surface area contributed by atoms with Gasteiger partial charge in [-0.25, -0.2) is 0 Å². The minimum Gasteiger partial charge on any atom is -0.356 e. The molecule has 2 aliphatic heterocycles. The summed E-state index contributed by atoms with van der Waals surface area (Å²) in [6, 6.07) is 11.7. The van der Waals surface area contributed by atoms with Crippen LogP contribution in [0.25, 0.3) is 0 Å². The van der Waals surface area contributed by atoms with Gasteiger partial charge in [0.2, 0.25) is 5.91 Å². The van der Waals surface area contributed by atoms with Gasteiger partial charge in [-0.2, -0.15) is 26.3 Å². The van der Waals surface area contributed by atoms with Crippen LogP contribution in [0.2, 0.25) is 0 Å². The highest BCUT2D eigenvalue weighted by Crippen LogP contribution is 2.52. The van der Waals surface area contributed by atoms with Gasteiger partial charge in [0.15, 0.2) is 0 Å². The smallest absolute Gasteiger partial charge is 0.356 e. The maximum absolute atomic E-state index is 14.4. The zero-order chi connectivity index (χ0) is 27.1. The van der Waals surface area contributed by atoms with E-state index < -0.39 is 40.8 Å². The molecule has 2 atom stereocenters. The van der Waals surface area contributed by atoms with Crippen molar-refractivity contribution in [1.29, 1.82) is 0 Å². The molecule has 2 amide bonds. The molecule has 37 heavy (non-hydrogen) atoms. The molecular formula is C26H26F6N2O3. The van der Waals surface area contributed by atoms with E-state index in [1.54, 1.807) is 0 Å². The van der Waals surface area contributed by atoms with Crippen LogP contribution in [-0.4, -0.2) is 49.6 Å². The van der Waals surface area contributed by atoms with Crippen molar-refractivity contribution in [3.8, 4) is 0 Å². The third-order valence-corrected chi connectivity index (χ3v) is 7.63. The number of nitrogens with one attached hydrogen (secondary N) is 1. The summed E-state index contributed by atoms with van der Waals surface area (Å²) in [6.07, 6.45) is -9.64. The Labute approximate surface area is 209 Å². The molecule has 5 nitrogen and oxygen atoms in total. The monoisotopic (exact) mass is 528 g/mol. The van der Waals surface area contributed by atoms with Crippen molar-refractivity contribution >= 4 is 11.8 Å². The predicted octanol–water partition coefficient (Wildman–Crippen LogP) is 5.02. The molecule has 0 aromatic heterocycles. The van der Waals surface area contributed by atoms with E-state index in [4.69, 9.17) is 4.74 Å². The molecule has 1 spiro atoms. The lowest BCUT2D eigenvalue weighted by Crippen LogP contribution is -2.60. The fourth-order valence-electron chi connectivity index (χ4n) is 5.74. The second-order valence-electron chi connectivity index (χ2n) is 9.52. The molecule has 2 aromatic carbocycles. The number of rotatable bonds is 4. The molecule has 0 saturated carbocycles. The largest absolute Gasteiger partial charge is 0.430 e. The van der Waals surface area contributed by atoms with Gasteiger partial charge in [0.05, 0.1) is 5.56 Å². The van der Waals surface area contributed by atoms with Crippen molar-refractivity contribution in [2.45, 2.75) is 43.1 Å². The first-order valence-corrected chi connectivity index (χ1v) is 11.8. The fraction of sp³-hybridized carbons (Fsp3) is 0.462. The Morgan fingerprint density at radius 2 is 1.57 bits per heavy atom. The van der Waals surface area contributed by atoms with Gasteiger partial charge in [0.1, 0.15) is 0 Å². The van der Waals surface area contributed by atoms with E-state index in [9.17, 15) is 35.9 Å². The molecule has 2 heterocycles. The van der Waals surface area contributed by atoms with E-state index in [-0.39, 0.29) is 55.9 Å². The number of benzene rings is 2. The molecule has 1 unspecified atom stereocenters. The molecule has 0 aliphatic carbocycles. The van der Waals surface area contributed by atoms with Crippen LogP contribution in [0, 0.1) is 5.41 Å². The van der Waals surface area contributed by atoms with Gasteiger partial charge in [-0.3, -0.25) is 9.59 Å². The summed E-state index contributed by atoms with van der Waals surface area (Å²) in [4.78, 5) is 26.8. The maximum atomic E-state index is 14.4. The van der Waals surface area contributed by atoms with Gasteiger partial charge < -0.3 is 15.0 Å². The standard InChI is InChI=1S/C26H26F6N2O3/c1-37-24(26(30,31)32,17-7-3-2-4-8-17)22(36)34-13-11-23(12-14-34)15-21(35)33-16-20(23)18-9-5-6-10-19(18)25(27,28)29/h2-10,20H,11-16H2,1H3,(H,33,35)/t20?,24-/m1/s1. The summed E-state index contributed by atoms with van der Waals surface area (Å²) < 4.78 is 89.4. The number of nitrogens with zero attached hydrogens (tertiary/aromatic N) is 1. The molecule has 2 fully saturated rings. The van der Waals surface area contributed by atoms with Crippen LogP contribution in [0.5, 0.6) is 0 Å². The van der Waals surface area contributed by atoms with Gasteiger partial charge in [0, 0.05) is 44.6 Å². The highest BCUT2D eigenvalue weighted by atomic mass is 19.4. The Morgan fingerprint density at radius 3 is 2.14 bits per heavy atom. The molecule has 0 radical (unpaired) electrons. The number of ether oxygens (including phenoxy) is 1. The number of methoxy groups -OCH3 is 1. The zero-order valence-corrected chi connectivity index (χ0v) is 20.0. The quantitative estimate of drug-likeness (QED) is 0.567. The lowest BCUT2D eigenvalue weighted by molar-refractivity contribution is -0.271. The Kier molecular flexibility index (Phi) is 7.04. The molecule has 0 bridgehead atoms. The summed E-state index contributed by atoms with van der Waals surface area (Å²) in [5.74, 6) is -2.36. The highest BCUT2D eigenvalue weighted by Gasteiger charge is 2.64. The number of amides is 2. The first kappa shape index (κ1) is 27.0. The number of likely N-dealkylation sites (tertiary alicyclic amines) is 1. The van der Waals surface area contributed by atoms with E-state index in [0.717, 1.165) is 30.2 Å². The van der Waals surface area contributed by atoms with Gasteiger partial charge in [-0.15, -0.1) is 0 Å². The number of carbonyl (C=O) groups excluding carboxylic acids is 2. The topological polar surface area (TPSA) is 58.6 Å². The fourth-order valence-corrected chi connectivity index (χ4v) is 5.74. The molecule has 200 valence electrons. The van der Waals surface area contributed by atoms with Crippen molar-refractivity contribution < 1.29 is 40.7 Å². The van der Waals surface area contributed by atoms with E-state index in [0.29, 0.717) is 0 Å². The molecule has 2 aromatic rings. The first-order chi connectivity index (χ1) is 17.4. The van der Waals surface area contributed by atoms with Crippen LogP contribution in [0.1, 0.15) is 41.9 Å². The van der Waals surface area contributed by atoms with E-state index >= 15 is 0 Å². The van der Waals surface area contributed by atoms with Crippen LogP contribution in [-0.2, 0) is 26.1 Å². The zero-order valence-electron chi connectivity index (χ0n) is 20.0. The van der Waals surface area contributed by atoms with Crippen LogP contribution in [0.15, 0.2) is 54.6 Å². The Balaban J connectivity index is 1.66. The summed E-state index contributed by atoms with van der Waals surface area (Å²) in [5.41, 5.74) is -5.33. The number of piperidine rings is 2. The minimum atomic E-state index is -5.08. The molecule has 4 rings (SSSR count). The summed E-state index contributed by atoms with van der Waals surface area (Å²) in [7, 11) is 0.819. The maximum Gasteiger partial charge on any atom is 0.430 e. The average molecular weight is 528 g/mol. The number of carbonyl (C=O) groups is 2. The van der Waals surface area contributed by atoms with Crippen molar-refractivity contribution in [3.05, 3.63) is 71.3 Å². The second kappa shape index (κ2) is 9.66. The second-order valence-corrected chi connectivity index (χ2v) is 9.52.